The van der Waals surface area contributed by atoms with Crippen LogP contribution in [0, 0.1) is 5.82 Å². The van der Waals surface area contributed by atoms with Crippen LogP contribution in [0.4, 0.5) is 4.39 Å². The molecule has 2 aromatic rings. The van der Waals surface area contributed by atoms with E-state index >= 15 is 0 Å². The molecule has 0 unspecified atom stereocenters. The molecule has 1 aliphatic heterocycles. The summed E-state index contributed by atoms with van der Waals surface area (Å²) in [5.41, 5.74) is 1.75. The number of halogens is 2. The summed E-state index contributed by atoms with van der Waals surface area (Å²) in [6, 6.07) is 6.08. The fourth-order valence-corrected chi connectivity index (χ4v) is 3.75. The Morgan fingerprint density at radius 2 is 2.05 bits per heavy atom. The number of hydrogen-bond acceptors (Lipinski definition) is 2. The van der Waals surface area contributed by atoms with E-state index in [1.54, 1.807) is 11.3 Å². The highest BCUT2D eigenvalue weighted by atomic mass is 35.5. The van der Waals surface area contributed by atoms with Gasteiger partial charge in [0.15, 0.2) is 0 Å². The maximum absolute atomic E-state index is 13.1. The van der Waals surface area contributed by atoms with E-state index in [4.69, 9.17) is 11.6 Å². The van der Waals surface area contributed by atoms with Gasteiger partial charge in [0.05, 0.1) is 10.6 Å². The maximum atomic E-state index is 13.1. The minimum atomic E-state index is -0.423. The minimum absolute atomic E-state index is 0.108. The Balaban J connectivity index is 1.67. The normalized spacial score (nSPS) is 16.2. The molecule has 1 fully saturated rings. The zero-order valence-electron chi connectivity index (χ0n) is 11.4. The molecular formula is C16H15ClFNOS. The Kier molecular flexibility index (Phi) is 4.27. The molecule has 0 saturated carbocycles. The van der Waals surface area contributed by atoms with Gasteiger partial charge in [-0.25, -0.2) is 4.39 Å². The van der Waals surface area contributed by atoms with Crippen molar-refractivity contribution in [3.63, 3.8) is 0 Å². The average molecular weight is 324 g/mol. The lowest BCUT2D eigenvalue weighted by Crippen LogP contribution is -2.38. The van der Waals surface area contributed by atoms with Gasteiger partial charge >= 0.3 is 0 Å². The fraction of sp³-hybridized carbons (Fsp3) is 0.312. The molecule has 1 amide bonds. The summed E-state index contributed by atoms with van der Waals surface area (Å²) in [7, 11) is 0. The van der Waals surface area contributed by atoms with E-state index in [-0.39, 0.29) is 10.9 Å². The van der Waals surface area contributed by atoms with Gasteiger partial charge in [-0.2, -0.15) is 11.3 Å². The van der Waals surface area contributed by atoms with Gasteiger partial charge in [-0.05, 0) is 59.3 Å². The van der Waals surface area contributed by atoms with E-state index < -0.39 is 5.82 Å². The van der Waals surface area contributed by atoms with Gasteiger partial charge in [0, 0.05) is 13.1 Å². The lowest BCUT2D eigenvalue weighted by Gasteiger charge is -2.32. The van der Waals surface area contributed by atoms with Crippen molar-refractivity contribution < 1.29 is 9.18 Å². The van der Waals surface area contributed by atoms with Crippen molar-refractivity contribution in [3.05, 3.63) is 57.0 Å². The Morgan fingerprint density at radius 3 is 2.67 bits per heavy atom. The predicted molar refractivity (Wildman–Crippen MR) is 83.6 cm³/mol. The van der Waals surface area contributed by atoms with Crippen LogP contribution in [0.5, 0.6) is 0 Å². The van der Waals surface area contributed by atoms with Gasteiger partial charge in [0.2, 0.25) is 0 Å². The van der Waals surface area contributed by atoms with Gasteiger partial charge < -0.3 is 4.90 Å². The second kappa shape index (κ2) is 6.16. The summed E-state index contributed by atoms with van der Waals surface area (Å²) in [6.07, 6.45) is 1.92. The summed E-state index contributed by atoms with van der Waals surface area (Å²) < 4.78 is 13.1. The second-order valence-electron chi connectivity index (χ2n) is 5.25. The van der Waals surface area contributed by atoms with E-state index in [9.17, 15) is 9.18 Å². The fourth-order valence-electron chi connectivity index (χ4n) is 2.76. The quantitative estimate of drug-likeness (QED) is 0.793. The zero-order chi connectivity index (χ0) is 14.8. The molecule has 21 heavy (non-hydrogen) atoms. The number of carbonyl (C=O) groups excluding carboxylic acids is 1. The zero-order valence-corrected chi connectivity index (χ0v) is 13.0. The van der Waals surface area contributed by atoms with Gasteiger partial charge in [-0.3, -0.25) is 4.79 Å². The van der Waals surface area contributed by atoms with Crippen molar-refractivity contribution in [2.24, 2.45) is 0 Å². The topological polar surface area (TPSA) is 20.3 Å². The molecule has 110 valence electrons. The molecule has 0 N–H and O–H groups in total. The number of carbonyl (C=O) groups is 1. The highest BCUT2D eigenvalue weighted by Crippen LogP contribution is 2.30. The van der Waals surface area contributed by atoms with E-state index in [2.05, 4.69) is 16.8 Å². The number of amides is 1. The van der Waals surface area contributed by atoms with Crippen LogP contribution < -0.4 is 0 Å². The molecular weight excluding hydrogens is 309 g/mol. The third-order valence-electron chi connectivity index (χ3n) is 3.96. The second-order valence-corrected chi connectivity index (χ2v) is 6.43. The summed E-state index contributed by atoms with van der Waals surface area (Å²) in [5, 5.41) is 4.45. The third kappa shape index (κ3) is 3.11. The first kappa shape index (κ1) is 14.5. The highest BCUT2D eigenvalue weighted by molar-refractivity contribution is 7.07. The lowest BCUT2D eigenvalue weighted by molar-refractivity contribution is 0.0713. The van der Waals surface area contributed by atoms with Crippen LogP contribution in [0.15, 0.2) is 35.0 Å². The SMILES string of the molecule is O=C(c1ccc(F)cc1Cl)N1CCC(c2ccsc2)CC1. The van der Waals surface area contributed by atoms with Crippen molar-refractivity contribution in [2.75, 3.05) is 13.1 Å². The molecule has 5 heteroatoms. The number of nitrogens with zero attached hydrogens (tertiary/aromatic N) is 1. The predicted octanol–water partition coefficient (Wildman–Crippen LogP) is 4.56. The van der Waals surface area contributed by atoms with E-state index in [0.717, 1.165) is 12.8 Å². The third-order valence-corrected chi connectivity index (χ3v) is 4.97. The molecule has 2 nitrogen and oxygen atoms in total. The van der Waals surface area contributed by atoms with E-state index in [1.807, 2.05) is 4.90 Å². The van der Waals surface area contributed by atoms with E-state index in [0.29, 0.717) is 24.6 Å². The van der Waals surface area contributed by atoms with Crippen LogP contribution in [0.25, 0.3) is 0 Å². The first-order valence-electron chi connectivity index (χ1n) is 6.91. The van der Waals surface area contributed by atoms with Crippen LogP contribution in [-0.2, 0) is 0 Å². The number of thiophene rings is 1. The summed E-state index contributed by atoms with van der Waals surface area (Å²) in [6.45, 7) is 1.43. The number of benzene rings is 1. The Bertz CT molecular complexity index is 636. The Hall–Kier alpha value is -1.39. The number of hydrogen-bond donors (Lipinski definition) is 0. The van der Waals surface area contributed by atoms with Crippen LogP contribution >= 0.6 is 22.9 Å². The molecule has 2 heterocycles. The van der Waals surface area contributed by atoms with Gasteiger partial charge in [0.1, 0.15) is 5.82 Å². The lowest BCUT2D eigenvalue weighted by atomic mass is 9.91. The first-order valence-corrected chi connectivity index (χ1v) is 8.23. The molecule has 0 atom stereocenters. The van der Waals surface area contributed by atoms with Crippen molar-refractivity contribution >= 4 is 28.8 Å². The molecule has 1 aliphatic rings. The van der Waals surface area contributed by atoms with E-state index in [1.165, 1.54) is 23.8 Å². The van der Waals surface area contributed by atoms with Crippen molar-refractivity contribution in [2.45, 2.75) is 18.8 Å². The van der Waals surface area contributed by atoms with Crippen molar-refractivity contribution in [3.8, 4) is 0 Å². The molecule has 1 aromatic heterocycles. The van der Waals surface area contributed by atoms with Gasteiger partial charge in [-0.1, -0.05) is 11.6 Å². The molecule has 1 aromatic carbocycles. The summed E-state index contributed by atoms with van der Waals surface area (Å²) in [5.74, 6) is 0.000439. The van der Waals surface area contributed by atoms with Crippen LogP contribution in [0.1, 0.15) is 34.7 Å². The minimum Gasteiger partial charge on any atom is -0.339 e. The standard InChI is InChI=1S/C16H15ClFNOS/c17-15-9-13(18)1-2-14(15)16(20)19-6-3-11(4-7-19)12-5-8-21-10-12/h1-2,5,8-11H,3-4,6-7H2. The number of likely N-dealkylation sites (tertiary alicyclic amines) is 1. The molecule has 1 saturated heterocycles. The molecule has 3 rings (SSSR count). The van der Waals surface area contributed by atoms with Crippen molar-refractivity contribution in [1.29, 1.82) is 0 Å². The van der Waals surface area contributed by atoms with Crippen LogP contribution in [0.2, 0.25) is 5.02 Å². The van der Waals surface area contributed by atoms with Crippen molar-refractivity contribution in [1.82, 2.24) is 4.90 Å². The molecule has 0 radical (unpaired) electrons. The summed E-state index contributed by atoms with van der Waals surface area (Å²) in [4.78, 5) is 14.3. The molecule has 0 aliphatic carbocycles. The smallest absolute Gasteiger partial charge is 0.255 e. The van der Waals surface area contributed by atoms with Gasteiger partial charge in [0.25, 0.3) is 5.91 Å². The number of rotatable bonds is 2. The number of piperidine rings is 1. The summed E-state index contributed by atoms with van der Waals surface area (Å²) >= 11 is 7.67. The van der Waals surface area contributed by atoms with Crippen LogP contribution in [0.3, 0.4) is 0 Å². The van der Waals surface area contributed by atoms with Gasteiger partial charge in [-0.15, -0.1) is 0 Å². The molecule has 0 spiro atoms. The maximum Gasteiger partial charge on any atom is 0.255 e. The Morgan fingerprint density at radius 1 is 1.29 bits per heavy atom. The average Bonchev–Trinajstić information content (AvgIpc) is 3.01. The van der Waals surface area contributed by atoms with Crippen LogP contribution in [-0.4, -0.2) is 23.9 Å². The first-order chi connectivity index (χ1) is 10.1. The highest BCUT2D eigenvalue weighted by Gasteiger charge is 2.25. The monoisotopic (exact) mass is 323 g/mol. The largest absolute Gasteiger partial charge is 0.339 e. The molecule has 0 bridgehead atoms. The Labute approximate surface area is 132 Å².